The summed E-state index contributed by atoms with van der Waals surface area (Å²) in [5, 5.41) is 0. The molecular weight excluding hydrogens is 274 g/mol. The Kier molecular flexibility index (Phi) is 3.23. The van der Waals surface area contributed by atoms with Crippen LogP contribution in [0.5, 0.6) is 0 Å². The average Bonchev–Trinajstić information content (AvgIpc) is 3.22. The Hall–Kier alpha value is -0.850. The van der Waals surface area contributed by atoms with E-state index in [1.807, 2.05) is 18.4 Å². The Morgan fingerprint density at radius 3 is 2.50 bits per heavy atom. The highest BCUT2D eigenvalue weighted by atomic mass is 32.2. The molecule has 1 aromatic rings. The first-order valence-electron chi connectivity index (χ1n) is 7.28. The average molecular weight is 297 g/mol. The summed E-state index contributed by atoms with van der Waals surface area (Å²) in [4.78, 5) is 0.346. The topological polar surface area (TPSA) is 77.1 Å². The number of aromatic nitrogens is 1. The zero-order valence-corrected chi connectivity index (χ0v) is 12.9. The van der Waals surface area contributed by atoms with Crippen molar-refractivity contribution >= 4 is 10.0 Å². The highest BCUT2D eigenvalue weighted by Crippen LogP contribution is 2.40. The van der Waals surface area contributed by atoms with E-state index in [2.05, 4.69) is 4.72 Å². The standard InChI is InChI=1S/C14H23N3O2S/c1-14(2,10-3-4-10)16-20(18,19)13-7-12(8-15)17(9-13)11-5-6-11/h7,9-11,16H,3-6,8,15H2,1-2H3. The quantitative estimate of drug-likeness (QED) is 0.839. The van der Waals surface area contributed by atoms with Crippen LogP contribution in [-0.4, -0.2) is 18.5 Å². The Labute approximate surface area is 120 Å². The third-order valence-corrected chi connectivity index (χ3v) is 6.00. The van der Waals surface area contributed by atoms with Crippen molar-refractivity contribution in [2.45, 2.75) is 62.6 Å². The van der Waals surface area contributed by atoms with Crippen molar-refractivity contribution in [1.82, 2.24) is 9.29 Å². The molecule has 0 atom stereocenters. The Balaban J connectivity index is 1.87. The first-order chi connectivity index (χ1) is 9.33. The molecule has 2 aliphatic carbocycles. The monoisotopic (exact) mass is 297 g/mol. The van der Waals surface area contributed by atoms with E-state index in [4.69, 9.17) is 5.73 Å². The largest absolute Gasteiger partial charge is 0.346 e. The highest BCUT2D eigenvalue weighted by Gasteiger charge is 2.41. The van der Waals surface area contributed by atoms with Gasteiger partial charge in [0.25, 0.3) is 0 Å². The zero-order valence-electron chi connectivity index (χ0n) is 12.1. The van der Waals surface area contributed by atoms with Crippen molar-refractivity contribution in [2.24, 2.45) is 11.7 Å². The van der Waals surface area contributed by atoms with E-state index in [1.54, 1.807) is 12.3 Å². The maximum absolute atomic E-state index is 12.5. The molecule has 0 spiro atoms. The van der Waals surface area contributed by atoms with Crippen LogP contribution in [0.25, 0.3) is 0 Å². The number of rotatable bonds is 6. The molecule has 0 radical (unpaired) electrons. The molecule has 3 rings (SSSR count). The lowest BCUT2D eigenvalue weighted by Gasteiger charge is -2.25. The molecule has 112 valence electrons. The van der Waals surface area contributed by atoms with E-state index in [1.165, 1.54) is 0 Å². The highest BCUT2D eigenvalue weighted by molar-refractivity contribution is 7.89. The van der Waals surface area contributed by atoms with Crippen LogP contribution in [0.3, 0.4) is 0 Å². The van der Waals surface area contributed by atoms with Gasteiger partial charge in [-0.05, 0) is 51.5 Å². The molecule has 0 bridgehead atoms. The summed E-state index contributed by atoms with van der Waals surface area (Å²) in [6, 6.07) is 2.15. The van der Waals surface area contributed by atoms with Gasteiger partial charge in [0.05, 0.1) is 4.90 Å². The van der Waals surface area contributed by atoms with Gasteiger partial charge < -0.3 is 10.3 Å². The van der Waals surface area contributed by atoms with Gasteiger partial charge in [-0.25, -0.2) is 13.1 Å². The molecule has 0 amide bonds. The molecule has 20 heavy (non-hydrogen) atoms. The number of hydrogen-bond donors (Lipinski definition) is 2. The van der Waals surface area contributed by atoms with Crippen molar-refractivity contribution in [3.63, 3.8) is 0 Å². The molecule has 2 aliphatic rings. The summed E-state index contributed by atoms with van der Waals surface area (Å²) in [5.74, 6) is 0.455. The lowest BCUT2D eigenvalue weighted by molar-refractivity contribution is 0.400. The van der Waals surface area contributed by atoms with Gasteiger partial charge in [-0.2, -0.15) is 0 Å². The van der Waals surface area contributed by atoms with E-state index >= 15 is 0 Å². The predicted molar refractivity (Wildman–Crippen MR) is 77.7 cm³/mol. The normalized spacial score (nSPS) is 20.4. The smallest absolute Gasteiger partial charge is 0.242 e. The second kappa shape index (κ2) is 4.58. The van der Waals surface area contributed by atoms with Crippen molar-refractivity contribution in [3.8, 4) is 0 Å². The third kappa shape index (κ3) is 2.64. The summed E-state index contributed by atoms with van der Waals surface area (Å²) < 4.78 is 30.0. The van der Waals surface area contributed by atoms with Gasteiger partial charge in [-0.3, -0.25) is 0 Å². The van der Waals surface area contributed by atoms with Crippen LogP contribution >= 0.6 is 0 Å². The fourth-order valence-electron chi connectivity index (χ4n) is 2.79. The van der Waals surface area contributed by atoms with E-state index in [0.717, 1.165) is 31.4 Å². The number of sulfonamides is 1. The van der Waals surface area contributed by atoms with Gasteiger partial charge in [0, 0.05) is 30.0 Å². The second-order valence-corrected chi connectivity index (χ2v) is 8.29. The minimum atomic E-state index is -3.47. The van der Waals surface area contributed by atoms with Crippen molar-refractivity contribution < 1.29 is 8.42 Å². The zero-order chi connectivity index (χ0) is 14.5. The summed E-state index contributed by atoms with van der Waals surface area (Å²) in [7, 11) is -3.47. The Morgan fingerprint density at radius 2 is 2.00 bits per heavy atom. The predicted octanol–water partition coefficient (Wildman–Crippen LogP) is 1.75. The lowest BCUT2D eigenvalue weighted by Crippen LogP contribution is -2.44. The van der Waals surface area contributed by atoms with Gasteiger partial charge >= 0.3 is 0 Å². The van der Waals surface area contributed by atoms with E-state index in [9.17, 15) is 8.42 Å². The summed E-state index contributed by atoms with van der Waals surface area (Å²) in [6.07, 6.45) is 6.18. The fraction of sp³-hybridized carbons (Fsp3) is 0.714. The number of hydrogen-bond acceptors (Lipinski definition) is 3. The van der Waals surface area contributed by atoms with Gasteiger partial charge in [-0.1, -0.05) is 0 Å². The number of nitrogens with one attached hydrogen (secondary N) is 1. The van der Waals surface area contributed by atoms with Crippen LogP contribution in [0.4, 0.5) is 0 Å². The lowest BCUT2D eigenvalue weighted by atomic mass is 10.0. The number of nitrogens with two attached hydrogens (primary N) is 1. The SMILES string of the molecule is CC(C)(NS(=O)(=O)c1cc(CN)n(C2CC2)c1)C1CC1. The first-order valence-corrected chi connectivity index (χ1v) is 8.76. The van der Waals surface area contributed by atoms with Crippen LogP contribution < -0.4 is 10.5 Å². The molecule has 0 saturated heterocycles. The van der Waals surface area contributed by atoms with Crippen molar-refractivity contribution in [1.29, 1.82) is 0 Å². The molecule has 6 heteroatoms. The maximum atomic E-state index is 12.5. The molecule has 0 aromatic carbocycles. The Bertz CT molecular complexity index is 610. The Morgan fingerprint density at radius 1 is 1.35 bits per heavy atom. The van der Waals surface area contributed by atoms with Gasteiger partial charge in [0.2, 0.25) is 10.0 Å². The van der Waals surface area contributed by atoms with E-state index in [0.29, 0.717) is 23.4 Å². The first kappa shape index (κ1) is 14.1. The summed E-state index contributed by atoms with van der Waals surface area (Å²) >= 11 is 0. The molecule has 1 heterocycles. The fourth-order valence-corrected chi connectivity index (χ4v) is 4.31. The van der Waals surface area contributed by atoms with Gasteiger partial charge in [0.15, 0.2) is 0 Å². The molecule has 3 N–H and O–H groups in total. The number of nitrogens with zero attached hydrogens (tertiary/aromatic N) is 1. The molecule has 2 saturated carbocycles. The van der Waals surface area contributed by atoms with Crippen LogP contribution in [0.2, 0.25) is 0 Å². The van der Waals surface area contributed by atoms with Crippen LogP contribution in [0.1, 0.15) is 51.3 Å². The minimum absolute atomic E-state index is 0.346. The molecule has 0 unspecified atom stereocenters. The van der Waals surface area contributed by atoms with Gasteiger partial charge in [0.1, 0.15) is 0 Å². The van der Waals surface area contributed by atoms with Crippen LogP contribution in [-0.2, 0) is 16.6 Å². The van der Waals surface area contributed by atoms with E-state index < -0.39 is 10.0 Å². The molecule has 5 nitrogen and oxygen atoms in total. The van der Waals surface area contributed by atoms with Crippen LogP contribution in [0.15, 0.2) is 17.2 Å². The second-order valence-electron chi connectivity index (χ2n) is 6.61. The van der Waals surface area contributed by atoms with Crippen molar-refractivity contribution in [3.05, 3.63) is 18.0 Å². The minimum Gasteiger partial charge on any atom is -0.346 e. The third-order valence-electron chi connectivity index (χ3n) is 4.36. The van der Waals surface area contributed by atoms with Gasteiger partial charge in [-0.15, -0.1) is 0 Å². The molecule has 2 fully saturated rings. The van der Waals surface area contributed by atoms with E-state index in [-0.39, 0.29) is 5.54 Å². The molecule has 1 aromatic heterocycles. The summed E-state index contributed by atoms with van der Waals surface area (Å²) in [5.41, 5.74) is 6.25. The molecule has 0 aliphatic heterocycles. The maximum Gasteiger partial charge on any atom is 0.242 e. The van der Waals surface area contributed by atoms with Crippen molar-refractivity contribution in [2.75, 3.05) is 0 Å². The van der Waals surface area contributed by atoms with Crippen LogP contribution in [0, 0.1) is 5.92 Å². The summed E-state index contributed by atoms with van der Waals surface area (Å²) in [6.45, 7) is 4.30. The molecular formula is C14H23N3O2S.